The van der Waals surface area contributed by atoms with E-state index in [0.29, 0.717) is 0 Å². The van der Waals surface area contributed by atoms with Gasteiger partial charge in [-0.2, -0.15) is 0 Å². The summed E-state index contributed by atoms with van der Waals surface area (Å²) < 4.78 is 3.54. The molecule has 0 bridgehead atoms. The average Bonchev–Trinajstić information content (AvgIpc) is 2.87. The highest BCUT2D eigenvalue weighted by Crippen LogP contribution is 2.36. The summed E-state index contributed by atoms with van der Waals surface area (Å²) in [5.41, 5.74) is 1.24. The number of thiophene rings is 1. The molecule has 1 aromatic heterocycles. The smallest absolute Gasteiger partial charge is 0.0680 e. The van der Waals surface area contributed by atoms with Crippen LogP contribution in [-0.2, 0) is 0 Å². The van der Waals surface area contributed by atoms with Gasteiger partial charge in [0.05, 0.1) is 6.04 Å². The third-order valence-electron chi connectivity index (χ3n) is 3.29. The van der Waals surface area contributed by atoms with Crippen LogP contribution in [0.1, 0.15) is 16.5 Å². The van der Waals surface area contributed by atoms with Gasteiger partial charge in [0, 0.05) is 18.5 Å². The van der Waals surface area contributed by atoms with Crippen molar-refractivity contribution in [3.8, 4) is 0 Å². The molecule has 0 aliphatic heterocycles. The summed E-state index contributed by atoms with van der Waals surface area (Å²) in [4.78, 5) is 1.33. The van der Waals surface area contributed by atoms with E-state index in [0.717, 1.165) is 8.95 Å². The van der Waals surface area contributed by atoms with Gasteiger partial charge >= 0.3 is 0 Å². The van der Waals surface area contributed by atoms with Crippen LogP contribution in [-0.4, -0.2) is 7.05 Å². The normalized spacial score (nSPS) is 12.8. The highest BCUT2D eigenvalue weighted by atomic mass is 79.9. The number of nitrogens with one attached hydrogen (secondary N) is 1. The molecule has 1 atom stereocenters. The summed E-state index contributed by atoms with van der Waals surface area (Å²) in [6.07, 6.45) is 0. The van der Waals surface area contributed by atoms with E-state index in [2.05, 4.69) is 79.6 Å². The van der Waals surface area contributed by atoms with E-state index in [1.807, 2.05) is 24.5 Å². The Morgan fingerprint density at radius 1 is 1.05 bits per heavy atom. The Morgan fingerprint density at radius 3 is 2.60 bits per heavy atom. The molecule has 0 aliphatic carbocycles. The van der Waals surface area contributed by atoms with Gasteiger partial charge in [0.2, 0.25) is 0 Å². The monoisotopic (exact) mass is 409 g/mol. The molecule has 3 rings (SSSR count). The molecule has 0 saturated carbocycles. The molecule has 0 spiro atoms. The predicted molar refractivity (Wildman–Crippen MR) is 94.6 cm³/mol. The lowest BCUT2D eigenvalue weighted by Gasteiger charge is -2.17. The first kappa shape index (κ1) is 14.3. The van der Waals surface area contributed by atoms with E-state index < -0.39 is 0 Å². The Morgan fingerprint density at radius 2 is 1.85 bits per heavy atom. The molecule has 0 aliphatic rings. The van der Waals surface area contributed by atoms with Gasteiger partial charge in [-0.3, -0.25) is 0 Å². The van der Waals surface area contributed by atoms with E-state index in [1.165, 1.54) is 20.5 Å². The first-order valence-corrected chi connectivity index (χ1v) is 8.70. The third kappa shape index (κ3) is 2.70. The van der Waals surface area contributed by atoms with Gasteiger partial charge in [-0.1, -0.05) is 50.1 Å². The van der Waals surface area contributed by atoms with Crippen molar-refractivity contribution in [2.24, 2.45) is 0 Å². The number of benzene rings is 2. The zero-order chi connectivity index (χ0) is 14.1. The lowest BCUT2D eigenvalue weighted by Crippen LogP contribution is -2.16. The van der Waals surface area contributed by atoms with Crippen LogP contribution < -0.4 is 5.32 Å². The quantitative estimate of drug-likeness (QED) is 0.580. The summed E-state index contributed by atoms with van der Waals surface area (Å²) >= 11 is 9.05. The molecule has 0 amide bonds. The molecule has 4 heteroatoms. The Balaban J connectivity index is 2.11. The third-order valence-corrected chi connectivity index (χ3v) is 5.68. The van der Waals surface area contributed by atoms with Crippen molar-refractivity contribution in [3.05, 3.63) is 67.9 Å². The lowest BCUT2D eigenvalue weighted by molar-refractivity contribution is 0.701. The standard InChI is InChI=1S/C16H13Br2NS/c1-19-16(12-9-11(17)6-7-13(12)18)15-8-10-4-2-3-5-14(10)20-15/h2-9,16,19H,1H3. The zero-order valence-electron chi connectivity index (χ0n) is 10.9. The van der Waals surface area contributed by atoms with E-state index in [1.54, 1.807) is 0 Å². The highest BCUT2D eigenvalue weighted by Gasteiger charge is 2.17. The molecule has 0 saturated heterocycles. The van der Waals surface area contributed by atoms with Crippen molar-refractivity contribution in [2.75, 3.05) is 7.05 Å². The minimum atomic E-state index is 0.194. The fourth-order valence-corrected chi connectivity index (χ4v) is 4.38. The van der Waals surface area contributed by atoms with Gasteiger partial charge < -0.3 is 5.32 Å². The van der Waals surface area contributed by atoms with Crippen LogP contribution in [0, 0.1) is 0 Å². The van der Waals surface area contributed by atoms with E-state index in [4.69, 9.17) is 0 Å². The molecule has 1 N–H and O–H groups in total. The van der Waals surface area contributed by atoms with Crippen LogP contribution in [0.5, 0.6) is 0 Å². The van der Waals surface area contributed by atoms with Crippen LogP contribution in [0.25, 0.3) is 10.1 Å². The maximum Gasteiger partial charge on any atom is 0.0680 e. The largest absolute Gasteiger partial charge is 0.309 e. The molecule has 0 radical (unpaired) electrons. The van der Waals surface area contributed by atoms with E-state index in [9.17, 15) is 0 Å². The maximum absolute atomic E-state index is 3.66. The van der Waals surface area contributed by atoms with Gasteiger partial charge in [0.1, 0.15) is 0 Å². The second-order valence-corrected chi connectivity index (χ2v) is 7.46. The van der Waals surface area contributed by atoms with E-state index >= 15 is 0 Å². The van der Waals surface area contributed by atoms with Crippen molar-refractivity contribution in [1.82, 2.24) is 5.32 Å². The Hall–Kier alpha value is -0.680. The molecule has 1 unspecified atom stereocenters. The van der Waals surface area contributed by atoms with Crippen molar-refractivity contribution < 1.29 is 0 Å². The molecule has 102 valence electrons. The van der Waals surface area contributed by atoms with Gasteiger partial charge in [0.25, 0.3) is 0 Å². The molecule has 1 heterocycles. The second kappa shape index (κ2) is 5.98. The first-order valence-electron chi connectivity index (χ1n) is 6.29. The average molecular weight is 411 g/mol. The molecule has 20 heavy (non-hydrogen) atoms. The summed E-state index contributed by atoms with van der Waals surface area (Å²) in [7, 11) is 2.00. The van der Waals surface area contributed by atoms with Crippen LogP contribution >= 0.6 is 43.2 Å². The molecule has 2 aromatic carbocycles. The summed E-state index contributed by atoms with van der Waals surface area (Å²) in [5.74, 6) is 0. The Kier molecular flexibility index (Phi) is 4.26. The van der Waals surface area contributed by atoms with Gasteiger partial charge in [0.15, 0.2) is 0 Å². The van der Waals surface area contributed by atoms with Crippen LogP contribution in [0.3, 0.4) is 0 Å². The SMILES string of the molecule is CNC(c1cc2ccccc2s1)c1cc(Br)ccc1Br. The van der Waals surface area contributed by atoms with Gasteiger partial charge in [-0.05, 0) is 48.3 Å². The van der Waals surface area contributed by atoms with Crippen LogP contribution in [0.15, 0.2) is 57.5 Å². The highest BCUT2D eigenvalue weighted by molar-refractivity contribution is 9.11. The molecular formula is C16H13Br2NS. The topological polar surface area (TPSA) is 12.0 Å². The van der Waals surface area contributed by atoms with Crippen LogP contribution in [0.2, 0.25) is 0 Å². The van der Waals surface area contributed by atoms with Crippen molar-refractivity contribution in [2.45, 2.75) is 6.04 Å². The number of hydrogen-bond acceptors (Lipinski definition) is 2. The van der Waals surface area contributed by atoms with Gasteiger partial charge in [-0.25, -0.2) is 0 Å². The fourth-order valence-electron chi connectivity index (χ4n) is 2.33. The van der Waals surface area contributed by atoms with Crippen LogP contribution in [0.4, 0.5) is 0 Å². The predicted octanol–water partition coefficient (Wildman–Crippen LogP) is 5.74. The van der Waals surface area contributed by atoms with Crippen molar-refractivity contribution in [3.63, 3.8) is 0 Å². The minimum Gasteiger partial charge on any atom is -0.309 e. The Bertz CT molecular complexity index is 718. The fraction of sp³-hybridized carbons (Fsp3) is 0.125. The number of hydrogen-bond donors (Lipinski definition) is 1. The van der Waals surface area contributed by atoms with Crippen molar-refractivity contribution in [1.29, 1.82) is 0 Å². The molecule has 3 aromatic rings. The summed E-state index contributed by atoms with van der Waals surface area (Å²) in [5, 5.41) is 4.73. The lowest BCUT2D eigenvalue weighted by atomic mass is 10.1. The van der Waals surface area contributed by atoms with Crippen molar-refractivity contribution >= 4 is 53.3 Å². The first-order chi connectivity index (χ1) is 9.69. The Labute approximate surface area is 139 Å². The number of halogens is 2. The number of fused-ring (bicyclic) bond motifs is 1. The maximum atomic E-state index is 3.66. The minimum absolute atomic E-state index is 0.194. The second-order valence-electron chi connectivity index (χ2n) is 4.57. The molecule has 1 nitrogen and oxygen atoms in total. The summed E-state index contributed by atoms with van der Waals surface area (Å²) in [6, 6.07) is 17.3. The molecular weight excluding hydrogens is 398 g/mol. The number of rotatable bonds is 3. The summed E-state index contributed by atoms with van der Waals surface area (Å²) in [6.45, 7) is 0. The molecule has 0 fully saturated rings. The zero-order valence-corrected chi connectivity index (χ0v) is 14.8. The van der Waals surface area contributed by atoms with Gasteiger partial charge in [-0.15, -0.1) is 11.3 Å². The van der Waals surface area contributed by atoms with E-state index in [-0.39, 0.29) is 6.04 Å².